The molecule has 0 fully saturated rings. The molecule has 0 saturated carbocycles. The van der Waals surface area contributed by atoms with Crippen molar-refractivity contribution < 1.29 is 13.2 Å². The van der Waals surface area contributed by atoms with Gasteiger partial charge in [-0.25, -0.2) is 0 Å². The van der Waals surface area contributed by atoms with Crippen LogP contribution in [0.4, 0.5) is 18.9 Å². The van der Waals surface area contributed by atoms with Crippen molar-refractivity contribution in [2.45, 2.75) is 39.3 Å². The van der Waals surface area contributed by atoms with Gasteiger partial charge in [-0.05, 0) is 41.7 Å². The summed E-state index contributed by atoms with van der Waals surface area (Å²) >= 11 is 0. The molecule has 2 aromatic carbocycles. The van der Waals surface area contributed by atoms with Gasteiger partial charge in [0.2, 0.25) is 0 Å². The molecule has 0 spiro atoms. The first-order valence-corrected chi connectivity index (χ1v) is 7.66. The van der Waals surface area contributed by atoms with Crippen LogP contribution in [0.5, 0.6) is 0 Å². The molecule has 0 amide bonds. The van der Waals surface area contributed by atoms with Crippen molar-refractivity contribution in [1.82, 2.24) is 0 Å². The fourth-order valence-corrected chi connectivity index (χ4v) is 2.19. The summed E-state index contributed by atoms with van der Waals surface area (Å²) in [5, 5.41) is 4.18. The first-order valence-electron chi connectivity index (χ1n) is 7.66. The van der Waals surface area contributed by atoms with E-state index in [1.54, 1.807) is 6.07 Å². The second-order valence-electron chi connectivity index (χ2n) is 6.71. The summed E-state index contributed by atoms with van der Waals surface area (Å²) in [5.74, 6) is 0. The minimum absolute atomic E-state index is 0.0693. The third kappa shape index (κ3) is 4.60. The van der Waals surface area contributed by atoms with Crippen molar-refractivity contribution >= 4 is 11.4 Å². The molecule has 0 aromatic heterocycles. The van der Waals surface area contributed by atoms with E-state index in [-0.39, 0.29) is 5.41 Å². The van der Waals surface area contributed by atoms with Gasteiger partial charge in [-0.1, -0.05) is 51.1 Å². The first kappa shape index (κ1) is 18.0. The highest BCUT2D eigenvalue weighted by atomic mass is 19.4. The summed E-state index contributed by atoms with van der Waals surface area (Å²) in [7, 11) is 0. The molecule has 0 aliphatic heterocycles. The quantitative estimate of drug-likeness (QED) is 0.553. The highest BCUT2D eigenvalue weighted by Crippen LogP contribution is 2.30. The molecule has 0 heterocycles. The number of rotatable bonds is 3. The normalized spacial score (nSPS) is 13.0. The number of nitrogens with zero attached hydrogens (tertiary/aromatic N) is 1. The predicted molar refractivity (Wildman–Crippen MR) is 92.4 cm³/mol. The second-order valence-corrected chi connectivity index (χ2v) is 6.71. The van der Waals surface area contributed by atoms with E-state index in [1.165, 1.54) is 11.6 Å². The number of hydrazone groups is 1. The van der Waals surface area contributed by atoms with Crippen molar-refractivity contribution in [3.8, 4) is 0 Å². The van der Waals surface area contributed by atoms with E-state index in [2.05, 4.69) is 31.3 Å². The van der Waals surface area contributed by atoms with Crippen LogP contribution >= 0.6 is 0 Å². The second kappa shape index (κ2) is 6.67. The van der Waals surface area contributed by atoms with Gasteiger partial charge in [-0.2, -0.15) is 18.3 Å². The van der Waals surface area contributed by atoms with Crippen LogP contribution in [0.15, 0.2) is 53.6 Å². The lowest BCUT2D eigenvalue weighted by Gasteiger charge is -2.19. The van der Waals surface area contributed by atoms with Crippen molar-refractivity contribution in [1.29, 1.82) is 0 Å². The monoisotopic (exact) mass is 334 g/mol. The first-order chi connectivity index (χ1) is 11.1. The van der Waals surface area contributed by atoms with Gasteiger partial charge in [0.1, 0.15) is 0 Å². The number of benzene rings is 2. The SMILES string of the molecule is C/C(=N\Nc1cccc(C(F)(F)F)c1)c1ccc(C(C)(C)C)cc1. The van der Waals surface area contributed by atoms with Crippen LogP contribution in [-0.2, 0) is 11.6 Å². The van der Waals surface area contributed by atoms with Crippen LogP contribution in [0.2, 0.25) is 0 Å². The highest BCUT2D eigenvalue weighted by Gasteiger charge is 2.30. The summed E-state index contributed by atoms with van der Waals surface area (Å²) in [6.45, 7) is 8.22. The van der Waals surface area contributed by atoms with E-state index >= 15 is 0 Å². The Labute approximate surface area is 140 Å². The third-order valence-corrected chi connectivity index (χ3v) is 3.71. The molecule has 0 unspecified atom stereocenters. The van der Waals surface area contributed by atoms with Crippen LogP contribution in [0.25, 0.3) is 0 Å². The van der Waals surface area contributed by atoms with Gasteiger partial charge in [0.05, 0.1) is 17.0 Å². The number of nitrogens with one attached hydrogen (secondary N) is 1. The van der Waals surface area contributed by atoms with Crippen LogP contribution in [0.3, 0.4) is 0 Å². The molecule has 2 rings (SSSR count). The maximum Gasteiger partial charge on any atom is 0.416 e. The lowest BCUT2D eigenvalue weighted by molar-refractivity contribution is -0.137. The molecule has 0 aliphatic rings. The molecule has 24 heavy (non-hydrogen) atoms. The molecule has 5 heteroatoms. The summed E-state index contributed by atoms with van der Waals surface area (Å²) in [6, 6.07) is 13.0. The maximum absolute atomic E-state index is 12.7. The number of anilines is 1. The molecule has 2 nitrogen and oxygen atoms in total. The summed E-state index contributed by atoms with van der Waals surface area (Å²) in [6.07, 6.45) is -4.36. The van der Waals surface area contributed by atoms with E-state index in [0.717, 1.165) is 17.7 Å². The van der Waals surface area contributed by atoms with Crippen LogP contribution in [-0.4, -0.2) is 5.71 Å². The van der Waals surface area contributed by atoms with Crippen LogP contribution in [0, 0.1) is 0 Å². The lowest BCUT2D eigenvalue weighted by Crippen LogP contribution is -2.11. The van der Waals surface area contributed by atoms with Gasteiger partial charge in [0, 0.05) is 0 Å². The Morgan fingerprint density at radius 1 is 0.917 bits per heavy atom. The highest BCUT2D eigenvalue weighted by molar-refractivity contribution is 5.99. The molecule has 128 valence electrons. The largest absolute Gasteiger partial charge is 0.416 e. The molecule has 0 saturated heterocycles. The Bertz CT molecular complexity index is 724. The summed E-state index contributed by atoms with van der Waals surface area (Å²) in [5.41, 5.74) is 5.19. The molecule has 0 bridgehead atoms. The number of hydrogen-bond acceptors (Lipinski definition) is 2. The van der Waals surface area contributed by atoms with Gasteiger partial charge in [-0.3, -0.25) is 5.43 Å². The lowest BCUT2D eigenvalue weighted by atomic mass is 9.86. The van der Waals surface area contributed by atoms with Gasteiger partial charge in [0.15, 0.2) is 0 Å². The van der Waals surface area contributed by atoms with Crippen molar-refractivity contribution in [2.24, 2.45) is 5.10 Å². The zero-order valence-corrected chi connectivity index (χ0v) is 14.2. The van der Waals surface area contributed by atoms with Gasteiger partial charge in [-0.15, -0.1) is 0 Å². The van der Waals surface area contributed by atoms with Gasteiger partial charge >= 0.3 is 6.18 Å². The van der Waals surface area contributed by atoms with Crippen molar-refractivity contribution in [3.63, 3.8) is 0 Å². The molecule has 0 radical (unpaired) electrons. The smallest absolute Gasteiger partial charge is 0.278 e. The van der Waals surface area contributed by atoms with Crippen molar-refractivity contribution in [3.05, 3.63) is 65.2 Å². The minimum Gasteiger partial charge on any atom is -0.278 e. The van der Waals surface area contributed by atoms with E-state index in [4.69, 9.17) is 0 Å². The summed E-state index contributed by atoms with van der Waals surface area (Å²) < 4.78 is 38.1. The van der Waals surface area contributed by atoms with E-state index < -0.39 is 11.7 Å². The fourth-order valence-electron chi connectivity index (χ4n) is 2.19. The zero-order chi connectivity index (χ0) is 18.0. The maximum atomic E-state index is 12.7. The Hall–Kier alpha value is -2.30. The molecule has 0 aliphatic carbocycles. The van der Waals surface area contributed by atoms with E-state index in [0.29, 0.717) is 11.4 Å². The molecule has 2 aromatic rings. The summed E-state index contributed by atoms with van der Waals surface area (Å²) in [4.78, 5) is 0. The van der Waals surface area contributed by atoms with Gasteiger partial charge in [0.25, 0.3) is 0 Å². The zero-order valence-electron chi connectivity index (χ0n) is 14.2. The molecule has 1 N–H and O–H groups in total. The minimum atomic E-state index is -4.36. The molecule has 0 atom stereocenters. The van der Waals surface area contributed by atoms with E-state index in [9.17, 15) is 13.2 Å². The average Bonchev–Trinajstić information content (AvgIpc) is 2.51. The molecular weight excluding hydrogens is 313 g/mol. The van der Waals surface area contributed by atoms with Crippen LogP contribution in [0.1, 0.15) is 44.4 Å². The van der Waals surface area contributed by atoms with Crippen molar-refractivity contribution in [2.75, 3.05) is 5.43 Å². The number of alkyl halides is 3. The molecular formula is C19H21F3N2. The number of halogens is 3. The Balaban J connectivity index is 2.15. The number of hydrogen-bond donors (Lipinski definition) is 1. The Morgan fingerprint density at radius 3 is 2.08 bits per heavy atom. The standard InChI is InChI=1S/C19H21F3N2/c1-13(14-8-10-15(11-9-14)18(2,3)4)23-24-17-7-5-6-16(12-17)19(20,21)22/h5-12,24H,1-4H3/b23-13+. The van der Waals surface area contributed by atoms with E-state index in [1.807, 2.05) is 31.2 Å². The Morgan fingerprint density at radius 2 is 1.54 bits per heavy atom. The van der Waals surface area contributed by atoms with Gasteiger partial charge < -0.3 is 0 Å². The van der Waals surface area contributed by atoms with Crippen LogP contribution < -0.4 is 5.43 Å². The predicted octanol–water partition coefficient (Wildman–Crippen LogP) is 5.84. The Kier molecular flexibility index (Phi) is 5.02. The average molecular weight is 334 g/mol. The fraction of sp³-hybridized carbons (Fsp3) is 0.316. The third-order valence-electron chi connectivity index (χ3n) is 3.71. The topological polar surface area (TPSA) is 24.4 Å².